The van der Waals surface area contributed by atoms with E-state index in [2.05, 4.69) is 33.2 Å². The number of anilines is 1. The minimum absolute atomic E-state index is 0.0290. The van der Waals surface area contributed by atoms with Gasteiger partial charge in [0.1, 0.15) is 0 Å². The van der Waals surface area contributed by atoms with Crippen LogP contribution in [0, 0.1) is 12.8 Å². The number of benzene rings is 1. The molecule has 7 nitrogen and oxygen atoms in total. The van der Waals surface area contributed by atoms with Crippen LogP contribution in [0.3, 0.4) is 0 Å². The van der Waals surface area contributed by atoms with Crippen molar-refractivity contribution in [2.75, 3.05) is 24.2 Å². The van der Waals surface area contributed by atoms with Gasteiger partial charge in [-0.2, -0.15) is 0 Å². The molecular weight excluding hydrogens is 444 g/mol. The molecule has 4 rings (SSSR count). The lowest BCUT2D eigenvalue weighted by molar-refractivity contribution is -0.126. The molecule has 1 atom stereocenters. The molecule has 0 spiro atoms. The fourth-order valence-electron chi connectivity index (χ4n) is 4.12. The first-order valence-electron chi connectivity index (χ1n) is 10.8. The standard InChI is InChI=1S/C23H28N4O3S2/c1-4-19(21-6-5-13-31-21)25-22(28)16-9-11-27(12-10-16)23-24-15(2)18-8-7-17(32(3,29)30)14-20(18)26-23/h5-8,13-14,16,19H,4,9-12H2,1-3H3,(H,25,28). The smallest absolute Gasteiger partial charge is 0.226 e. The second-order valence-corrected chi connectivity index (χ2v) is 11.3. The fraction of sp³-hybridized carbons (Fsp3) is 0.435. The molecule has 0 aliphatic carbocycles. The summed E-state index contributed by atoms with van der Waals surface area (Å²) in [7, 11) is -3.31. The van der Waals surface area contributed by atoms with Crippen molar-refractivity contribution in [3.8, 4) is 0 Å². The fourth-order valence-corrected chi connectivity index (χ4v) is 5.62. The third kappa shape index (κ3) is 4.78. The highest BCUT2D eigenvalue weighted by Gasteiger charge is 2.28. The summed E-state index contributed by atoms with van der Waals surface area (Å²) in [6, 6.07) is 9.11. The lowest BCUT2D eigenvalue weighted by Gasteiger charge is -2.32. The Bertz CT molecular complexity index is 1220. The molecular formula is C23H28N4O3S2. The Morgan fingerprint density at radius 1 is 1.25 bits per heavy atom. The van der Waals surface area contributed by atoms with Gasteiger partial charge in [-0.1, -0.05) is 13.0 Å². The molecule has 2 aromatic heterocycles. The molecule has 170 valence electrons. The number of hydrogen-bond acceptors (Lipinski definition) is 7. The van der Waals surface area contributed by atoms with E-state index in [9.17, 15) is 13.2 Å². The predicted molar refractivity (Wildman–Crippen MR) is 128 cm³/mol. The molecule has 1 unspecified atom stereocenters. The van der Waals surface area contributed by atoms with Crippen molar-refractivity contribution in [1.82, 2.24) is 15.3 Å². The maximum atomic E-state index is 12.9. The number of nitrogens with zero attached hydrogens (tertiary/aromatic N) is 3. The number of aryl methyl sites for hydroxylation is 1. The van der Waals surface area contributed by atoms with Gasteiger partial charge in [-0.15, -0.1) is 11.3 Å². The topological polar surface area (TPSA) is 92.3 Å². The normalized spacial score (nSPS) is 16.3. The lowest BCUT2D eigenvalue weighted by atomic mass is 9.95. The second kappa shape index (κ2) is 9.15. The summed E-state index contributed by atoms with van der Waals surface area (Å²) in [6.45, 7) is 5.36. The van der Waals surface area contributed by atoms with E-state index in [4.69, 9.17) is 0 Å². The Balaban J connectivity index is 1.46. The van der Waals surface area contributed by atoms with Crippen LogP contribution >= 0.6 is 11.3 Å². The number of thiophene rings is 1. The summed E-state index contributed by atoms with van der Waals surface area (Å²) in [5.74, 6) is 0.668. The largest absolute Gasteiger partial charge is 0.348 e. The maximum absolute atomic E-state index is 12.9. The molecule has 1 fully saturated rings. The van der Waals surface area contributed by atoms with Gasteiger partial charge in [0.05, 0.1) is 22.1 Å². The van der Waals surface area contributed by atoms with Gasteiger partial charge in [-0.25, -0.2) is 18.4 Å². The van der Waals surface area contributed by atoms with Crippen LogP contribution in [0.5, 0.6) is 0 Å². The summed E-state index contributed by atoms with van der Waals surface area (Å²) in [5, 5.41) is 6.09. The van der Waals surface area contributed by atoms with Crippen molar-refractivity contribution < 1.29 is 13.2 Å². The maximum Gasteiger partial charge on any atom is 0.226 e. The van der Waals surface area contributed by atoms with E-state index in [1.165, 1.54) is 11.1 Å². The van der Waals surface area contributed by atoms with Crippen LogP contribution in [0.2, 0.25) is 0 Å². The number of aromatic nitrogens is 2. The van der Waals surface area contributed by atoms with E-state index in [0.717, 1.165) is 30.3 Å². The number of amides is 1. The molecule has 3 heterocycles. The number of carbonyl (C=O) groups excluding carboxylic acids is 1. The third-order valence-electron chi connectivity index (χ3n) is 6.04. The quantitative estimate of drug-likeness (QED) is 0.585. The molecule has 1 N–H and O–H groups in total. The molecule has 1 aliphatic rings. The number of piperidine rings is 1. The third-order valence-corrected chi connectivity index (χ3v) is 8.13. The summed E-state index contributed by atoms with van der Waals surface area (Å²) in [6.07, 6.45) is 3.53. The van der Waals surface area contributed by atoms with E-state index < -0.39 is 9.84 Å². The van der Waals surface area contributed by atoms with Crippen molar-refractivity contribution in [3.05, 3.63) is 46.3 Å². The molecule has 3 aromatic rings. The van der Waals surface area contributed by atoms with Gasteiger partial charge in [-0.3, -0.25) is 4.79 Å². The summed E-state index contributed by atoms with van der Waals surface area (Å²) in [5.41, 5.74) is 1.43. The molecule has 1 amide bonds. The van der Waals surface area contributed by atoms with Crippen LogP contribution in [-0.2, 0) is 14.6 Å². The van der Waals surface area contributed by atoms with E-state index in [1.54, 1.807) is 29.5 Å². The van der Waals surface area contributed by atoms with Gasteiger partial charge in [-0.05, 0) is 55.8 Å². The zero-order chi connectivity index (χ0) is 22.9. The first kappa shape index (κ1) is 22.7. The van der Waals surface area contributed by atoms with E-state index in [-0.39, 0.29) is 22.8 Å². The van der Waals surface area contributed by atoms with Crippen molar-refractivity contribution in [2.45, 2.75) is 44.0 Å². The first-order chi connectivity index (χ1) is 15.3. The van der Waals surface area contributed by atoms with Gasteiger partial charge in [0, 0.05) is 35.5 Å². The summed E-state index contributed by atoms with van der Waals surface area (Å²) < 4.78 is 23.9. The van der Waals surface area contributed by atoms with Crippen molar-refractivity contribution in [3.63, 3.8) is 0 Å². The minimum atomic E-state index is -3.31. The van der Waals surface area contributed by atoms with Gasteiger partial charge < -0.3 is 10.2 Å². The van der Waals surface area contributed by atoms with Gasteiger partial charge in [0.2, 0.25) is 11.9 Å². The van der Waals surface area contributed by atoms with Crippen molar-refractivity contribution in [2.24, 2.45) is 5.92 Å². The van der Waals surface area contributed by atoms with Crippen molar-refractivity contribution >= 4 is 43.9 Å². The van der Waals surface area contributed by atoms with E-state index in [0.29, 0.717) is 24.6 Å². The average molecular weight is 473 g/mol. The second-order valence-electron chi connectivity index (χ2n) is 8.31. The number of hydrogen-bond donors (Lipinski definition) is 1. The van der Waals surface area contributed by atoms with E-state index >= 15 is 0 Å². The number of sulfone groups is 1. The minimum Gasteiger partial charge on any atom is -0.348 e. The van der Waals surface area contributed by atoms with Crippen LogP contribution in [0.15, 0.2) is 40.6 Å². The molecule has 1 aromatic carbocycles. The lowest BCUT2D eigenvalue weighted by Crippen LogP contribution is -2.42. The zero-order valence-corrected chi connectivity index (χ0v) is 20.2. The van der Waals surface area contributed by atoms with Crippen LogP contribution < -0.4 is 10.2 Å². The Morgan fingerprint density at radius 2 is 2.00 bits per heavy atom. The van der Waals surface area contributed by atoms with Crippen LogP contribution in [0.25, 0.3) is 10.9 Å². The van der Waals surface area contributed by atoms with Crippen molar-refractivity contribution in [1.29, 1.82) is 0 Å². The summed E-state index contributed by atoms with van der Waals surface area (Å²) >= 11 is 1.67. The first-order valence-corrected chi connectivity index (χ1v) is 13.6. The average Bonchev–Trinajstić information content (AvgIpc) is 3.31. The van der Waals surface area contributed by atoms with E-state index in [1.807, 2.05) is 18.4 Å². The highest BCUT2D eigenvalue weighted by atomic mass is 32.2. The highest BCUT2D eigenvalue weighted by Crippen LogP contribution is 2.27. The molecule has 0 saturated carbocycles. The summed E-state index contributed by atoms with van der Waals surface area (Å²) in [4.78, 5) is 25.7. The Kier molecular flexibility index (Phi) is 6.48. The molecule has 0 bridgehead atoms. The molecule has 0 radical (unpaired) electrons. The van der Waals surface area contributed by atoms with Crippen LogP contribution in [0.4, 0.5) is 5.95 Å². The number of nitrogens with one attached hydrogen (secondary N) is 1. The Morgan fingerprint density at radius 3 is 2.62 bits per heavy atom. The van der Waals surface area contributed by atoms with Crippen LogP contribution in [-0.4, -0.2) is 43.6 Å². The Labute approximate surface area is 192 Å². The number of fused-ring (bicyclic) bond motifs is 1. The number of rotatable bonds is 6. The van der Waals surface area contributed by atoms with Gasteiger partial charge >= 0.3 is 0 Å². The van der Waals surface area contributed by atoms with Gasteiger partial charge in [0.25, 0.3) is 0 Å². The highest BCUT2D eigenvalue weighted by molar-refractivity contribution is 7.90. The molecule has 1 aliphatic heterocycles. The van der Waals surface area contributed by atoms with Crippen LogP contribution in [0.1, 0.15) is 42.8 Å². The molecule has 9 heteroatoms. The molecule has 1 saturated heterocycles. The monoisotopic (exact) mass is 472 g/mol. The molecule has 32 heavy (non-hydrogen) atoms. The van der Waals surface area contributed by atoms with Gasteiger partial charge in [0.15, 0.2) is 9.84 Å². The SMILES string of the molecule is CCC(NC(=O)C1CCN(c2nc(C)c3ccc(S(C)(=O)=O)cc3n2)CC1)c1cccs1. The zero-order valence-electron chi connectivity index (χ0n) is 18.5. The number of carbonyl (C=O) groups is 1. The Hall–Kier alpha value is -2.52. The predicted octanol–water partition coefficient (Wildman–Crippen LogP) is 3.89.